The van der Waals surface area contributed by atoms with Gasteiger partial charge in [0.05, 0.1) is 32.7 Å². The van der Waals surface area contributed by atoms with Gasteiger partial charge < -0.3 is 19.2 Å². The number of amides is 1. The summed E-state index contributed by atoms with van der Waals surface area (Å²) >= 11 is 0. The second-order valence-corrected chi connectivity index (χ2v) is 7.24. The minimum atomic E-state index is -0.266. The van der Waals surface area contributed by atoms with E-state index < -0.39 is 0 Å². The van der Waals surface area contributed by atoms with Crippen molar-refractivity contribution in [3.8, 4) is 11.5 Å². The highest BCUT2D eigenvalue weighted by molar-refractivity contribution is 6.02. The topological polar surface area (TPSA) is 76.3 Å². The van der Waals surface area contributed by atoms with Crippen molar-refractivity contribution in [1.29, 1.82) is 0 Å². The van der Waals surface area contributed by atoms with Crippen molar-refractivity contribution in [2.45, 2.75) is 19.4 Å². The zero-order valence-electron chi connectivity index (χ0n) is 17.6. The molecule has 7 nitrogen and oxygen atoms in total. The maximum absolute atomic E-state index is 12.1. The quantitative estimate of drug-likeness (QED) is 0.608. The van der Waals surface area contributed by atoms with Crippen molar-refractivity contribution in [2.24, 2.45) is 5.10 Å². The zero-order valence-corrected chi connectivity index (χ0v) is 17.6. The number of hydrogen-bond acceptors (Lipinski definition) is 6. The second-order valence-electron chi connectivity index (χ2n) is 7.24. The van der Waals surface area contributed by atoms with Gasteiger partial charge in [0.1, 0.15) is 0 Å². The standard InChI is InChI=1S/C24H25N3O4/c1-29-21-12-9-18(15-23(21)30-2)20-5-3-13-27(26-20)16-17-7-10-19(11-8-17)25-24(28)22-6-4-14-31-22/h4,6-12,14-15H,3,5,13,16H2,1-2H3,(H,25,28). The first kappa shape index (κ1) is 20.5. The molecule has 0 saturated carbocycles. The molecule has 4 rings (SSSR count). The fourth-order valence-corrected chi connectivity index (χ4v) is 3.54. The number of furan rings is 1. The molecule has 31 heavy (non-hydrogen) atoms. The zero-order chi connectivity index (χ0) is 21.6. The van der Waals surface area contributed by atoms with Crippen LogP contribution >= 0.6 is 0 Å². The summed E-state index contributed by atoms with van der Waals surface area (Å²) in [6, 6.07) is 17.0. The fourth-order valence-electron chi connectivity index (χ4n) is 3.54. The first-order valence-electron chi connectivity index (χ1n) is 10.1. The Kier molecular flexibility index (Phi) is 6.21. The molecule has 7 heteroatoms. The van der Waals surface area contributed by atoms with Crippen molar-refractivity contribution < 1.29 is 18.7 Å². The largest absolute Gasteiger partial charge is 0.493 e. The molecule has 3 aromatic rings. The highest BCUT2D eigenvalue weighted by atomic mass is 16.5. The number of hydrazone groups is 1. The molecule has 0 bridgehead atoms. The average Bonchev–Trinajstić information content (AvgIpc) is 3.35. The van der Waals surface area contributed by atoms with Gasteiger partial charge in [-0.3, -0.25) is 9.80 Å². The molecule has 0 atom stereocenters. The number of anilines is 1. The minimum absolute atomic E-state index is 0.266. The van der Waals surface area contributed by atoms with E-state index in [9.17, 15) is 4.79 Å². The van der Waals surface area contributed by atoms with Crippen LogP contribution in [0.4, 0.5) is 5.69 Å². The summed E-state index contributed by atoms with van der Waals surface area (Å²) in [7, 11) is 3.27. The highest BCUT2D eigenvalue weighted by Crippen LogP contribution is 2.29. The van der Waals surface area contributed by atoms with E-state index in [4.69, 9.17) is 19.0 Å². The SMILES string of the molecule is COc1ccc(C2=NN(Cc3ccc(NC(=O)c4ccco4)cc3)CCC2)cc1OC. The Morgan fingerprint density at radius 1 is 1.10 bits per heavy atom. The Labute approximate surface area is 181 Å². The lowest BCUT2D eigenvalue weighted by Crippen LogP contribution is -2.26. The number of benzene rings is 2. The normalized spacial score (nSPS) is 13.5. The molecule has 0 fully saturated rings. The summed E-state index contributed by atoms with van der Waals surface area (Å²) in [6.45, 7) is 1.59. The molecule has 0 spiro atoms. The van der Waals surface area contributed by atoms with E-state index in [1.165, 1.54) is 6.26 Å². The molecular weight excluding hydrogens is 394 g/mol. The molecule has 160 valence electrons. The molecule has 1 aliphatic rings. The second kappa shape index (κ2) is 9.38. The van der Waals surface area contributed by atoms with Crippen molar-refractivity contribution in [2.75, 3.05) is 26.1 Å². The number of carbonyl (C=O) groups excluding carboxylic acids is 1. The van der Waals surface area contributed by atoms with Crippen LogP contribution in [0.5, 0.6) is 11.5 Å². The fraction of sp³-hybridized carbons (Fsp3) is 0.250. The van der Waals surface area contributed by atoms with Gasteiger partial charge in [-0.2, -0.15) is 5.10 Å². The third-order valence-corrected chi connectivity index (χ3v) is 5.13. The van der Waals surface area contributed by atoms with Gasteiger partial charge in [0, 0.05) is 17.8 Å². The summed E-state index contributed by atoms with van der Waals surface area (Å²) in [5.41, 5.74) is 3.92. The summed E-state index contributed by atoms with van der Waals surface area (Å²) in [4.78, 5) is 12.1. The average molecular weight is 419 g/mol. The van der Waals surface area contributed by atoms with Crippen LogP contribution in [0.25, 0.3) is 0 Å². The Hall–Kier alpha value is -3.74. The van der Waals surface area contributed by atoms with Gasteiger partial charge in [0.2, 0.25) is 0 Å². The number of ether oxygens (including phenoxy) is 2. The van der Waals surface area contributed by atoms with E-state index in [1.807, 2.05) is 42.5 Å². The third kappa shape index (κ3) is 4.88. The molecule has 1 amide bonds. The maximum atomic E-state index is 12.1. The lowest BCUT2D eigenvalue weighted by atomic mass is 10.0. The number of nitrogens with one attached hydrogen (secondary N) is 1. The molecule has 1 aliphatic heterocycles. The van der Waals surface area contributed by atoms with Gasteiger partial charge in [-0.05, 0) is 60.9 Å². The molecular formula is C24H25N3O4. The third-order valence-electron chi connectivity index (χ3n) is 5.13. The Morgan fingerprint density at radius 2 is 1.90 bits per heavy atom. The van der Waals surface area contributed by atoms with Crippen LogP contribution < -0.4 is 14.8 Å². The van der Waals surface area contributed by atoms with Crippen molar-refractivity contribution in [1.82, 2.24) is 5.01 Å². The summed E-state index contributed by atoms with van der Waals surface area (Å²) in [6.07, 6.45) is 3.43. The summed E-state index contributed by atoms with van der Waals surface area (Å²) in [5, 5.41) is 9.76. The van der Waals surface area contributed by atoms with Crippen LogP contribution in [0.1, 0.15) is 34.5 Å². The molecule has 0 radical (unpaired) electrons. The Balaban J connectivity index is 1.42. The molecule has 2 heterocycles. The van der Waals surface area contributed by atoms with Crippen molar-refractivity contribution >= 4 is 17.3 Å². The van der Waals surface area contributed by atoms with Crippen LogP contribution in [-0.2, 0) is 6.54 Å². The Morgan fingerprint density at radius 3 is 2.61 bits per heavy atom. The Bertz CT molecular complexity index is 1060. The first-order chi connectivity index (χ1) is 15.2. The van der Waals surface area contributed by atoms with Gasteiger partial charge in [-0.15, -0.1) is 0 Å². The number of carbonyl (C=O) groups is 1. The molecule has 0 saturated heterocycles. The number of hydrogen-bond donors (Lipinski definition) is 1. The predicted molar refractivity (Wildman–Crippen MR) is 119 cm³/mol. The van der Waals surface area contributed by atoms with E-state index >= 15 is 0 Å². The van der Waals surface area contributed by atoms with Crippen LogP contribution in [0.3, 0.4) is 0 Å². The van der Waals surface area contributed by atoms with Crippen LogP contribution in [0.2, 0.25) is 0 Å². The van der Waals surface area contributed by atoms with Crippen LogP contribution in [-0.4, -0.2) is 37.4 Å². The lowest BCUT2D eigenvalue weighted by molar-refractivity contribution is 0.0996. The molecule has 1 N–H and O–H groups in total. The maximum Gasteiger partial charge on any atom is 0.291 e. The minimum Gasteiger partial charge on any atom is -0.493 e. The lowest BCUT2D eigenvalue weighted by Gasteiger charge is -2.26. The van der Waals surface area contributed by atoms with E-state index in [0.717, 1.165) is 41.9 Å². The summed E-state index contributed by atoms with van der Waals surface area (Å²) < 4.78 is 15.9. The van der Waals surface area contributed by atoms with Gasteiger partial charge in [-0.25, -0.2) is 0 Å². The molecule has 0 unspecified atom stereocenters. The predicted octanol–water partition coefficient (Wildman–Crippen LogP) is 4.55. The smallest absolute Gasteiger partial charge is 0.291 e. The summed E-state index contributed by atoms with van der Waals surface area (Å²) in [5.74, 6) is 1.43. The number of methoxy groups -OCH3 is 2. The van der Waals surface area contributed by atoms with E-state index in [-0.39, 0.29) is 11.7 Å². The van der Waals surface area contributed by atoms with Crippen LogP contribution in [0.15, 0.2) is 70.4 Å². The van der Waals surface area contributed by atoms with Gasteiger partial charge in [0.15, 0.2) is 17.3 Å². The van der Waals surface area contributed by atoms with Crippen molar-refractivity contribution in [3.05, 3.63) is 77.7 Å². The highest BCUT2D eigenvalue weighted by Gasteiger charge is 2.16. The van der Waals surface area contributed by atoms with Crippen LogP contribution in [0, 0.1) is 0 Å². The number of rotatable bonds is 7. The monoisotopic (exact) mass is 419 g/mol. The van der Waals surface area contributed by atoms with E-state index in [1.54, 1.807) is 26.4 Å². The molecule has 2 aromatic carbocycles. The van der Waals surface area contributed by atoms with Gasteiger partial charge >= 0.3 is 0 Å². The van der Waals surface area contributed by atoms with Crippen molar-refractivity contribution in [3.63, 3.8) is 0 Å². The molecule has 0 aliphatic carbocycles. The van der Waals surface area contributed by atoms with Gasteiger partial charge in [-0.1, -0.05) is 12.1 Å². The number of nitrogens with zero attached hydrogens (tertiary/aromatic N) is 2. The first-order valence-corrected chi connectivity index (χ1v) is 10.1. The van der Waals surface area contributed by atoms with E-state index in [0.29, 0.717) is 18.0 Å². The van der Waals surface area contributed by atoms with E-state index in [2.05, 4.69) is 10.3 Å². The molecule has 1 aromatic heterocycles. The van der Waals surface area contributed by atoms with Gasteiger partial charge in [0.25, 0.3) is 5.91 Å².